The summed E-state index contributed by atoms with van der Waals surface area (Å²) in [6.45, 7) is 2.13. The summed E-state index contributed by atoms with van der Waals surface area (Å²) in [6.07, 6.45) is 10.1. The topological polar surface area (TPSA) is 29.9 Å². The maximum Gasteiger partial charge on any atom is 0.126 e. The molecule has 0 amide bonds. The molecule has 0 radical (unpaired) electrons. The highest BCUT2D eigenvalue weighted by atomic mass is 19.1. The van der Waals surface area contributed by atoms with E-state index in [2.05, 4.69) is 21.8 Å². The first kappa shape index (κ1) is 14.3. The van der Waals surface area contributed by atoms with E-state index < -0.39 is 0 Å². The van der Waals surface area contributed by atoms with Crippen LogP contribution in [0.15, 0.2) is 43.0 Å². The fourth-order valence-electron chi connectivity index (χ4n) is 3.38. The van der Waals surface area contributed by atoms with Gasteiger partial charge in [-0.25, -0.2) is 9.37 Å². The Balaban J connectivity index is 1.62. The number of imidazole rings is 1. The Morgan fingerprint density at radius 1 is 1.38 bits per heavy atom. The van der Waals surface area contributed by atoms with Crippen LogP contribution >= 0.6 is 0 Å². The number of hydrogen-bond acceptors (Lipinski definition) is 2. The molecule has 112 valence electrons. The molecule has 1 aliphatic carbocycles. The van der Waals surface area contributed by atoms with Crippen molar-refractivity contribution in [3.8, 4) is 0 Å². The van der Waals surface area contributed by atoms with Crippen molar-refractivity contribution >= 4 is 0 Å². The molecular weight excluding hydrogens is 265 g/mol. The van der Waals surface area contributed by atoms with Crippen molar-refractivity contribution in [1.82, 2.24) is 14.9 Å². The van der Waals surface area contributed by atoms with Crippen LogP contribution in [0.2, 0.25) is 0 Å². The van der Waals surface area contributed by atoms with Gasteiger partial charge >= 0.3 is 0 Å². The molecule has 0 saturated heterocycles. The summed E-state index contributed by atoms with van der Waals surface area (Å²) in [5.41, 5.74) is 0.787. The van der Waals surface area contributed by atoms with E-state index in [1.165, 1.54) is 25.3 Å². The lowest BCUT2D eigenvalue weighted by Crippen LogP contribution is -2.40. The van der Waals surface area contributed by atoms with Gasteiger partial charge in [-0.3, -0.25) is 0 Å². The highest BCUT2D eigenvalue weighted by Gasteiger charge is 2.29. The van der Waals surface area contributed by atoms with Gasteiger partial charge in [0.05, 0.1) is 6.33 Å². The van der Waals surface area contributed by atoms with Crippen molar-refractivity contribution in [3.63, 3.8) is 0 Å². The predicted molar refractivity (Wildman–Crippen MR) is 81.6 cm³/mol. The van der Waals surface area contributed by atoms with Crippen LogP contribution in [0.1, 0.15) is 37.8 Å². The smallest absolute Gasteiger partial charge is 0.126 e. The monoisotopic (exact) mass is 287 g/mol. The van der Waals surface area contributed by atoms with Crippen LogP contribution in [0.4, 0.5) is 4.39 Å². The number of halogens is 1. The zero-order chi connectivity index (χ0) is 14.7. The van der Waals surface area contributed by atoms with E-state index in [4.69, 9.17) is 0 Å². The van der Waals surface area contributed by atoms with Gasteiger partial charge in [0.2, 0.25) is 0 Å². The minimum Gasteiger partial charge on any atom is -0.333 e. The quantitative estimate of drug-likeness (QED) is 0.914. The van der Waals surface area contributed by atoms with Crippen molar-refractivity contribution in [2.75, 3.05) is 0 Å². The number of benzene rings is 1. The van der Waals surface area contributed by atoms with E-state index in [0.717, 1.165) is 12.0 Å². The Labute approximate surface area is 125 Å². The first-order valence-corrected chi connectivity index (χ1v) is 7.71. The molecule has 1 aliphatic rings. The molecule has 1 N–H and O–H groups in total. The van der Waals surface area contributed by atoms with Gasteiger partial charge in [0.1, 0.15) is 5.82 Å². The van der Waals surface area contributed by atoms with Crippen molar-refractivity contribution in [2.45, 2.75) is 50.7 Å². The molecule has 3 atom stereocenters. The van der Waals surface area contributed by atoms with Gasteiger partial charge in [-0.1, -0.05) is 18.2 Å². The summed E-state index contributed by atoms with van der Waals surface area (Å²) in [6, 6.07) is 8.21. The summed E-state index contributed by atoms with van der Waals surface area (Å²) in [4.78, 5) is 4.15. The molecule has 1 saturated carbocycles. The van der Waals surface area contributed by atoms with Gasteiger partial charge in [0.25, 0.3) is 0 Å². The lowest BCUT2D eigenvalue weighted by molar-refractivity contribution is 0.356. The summed E-state index contributed by atoms with van der Waals surface area (Å²) in [5, 5.41) is 3.68. The van der Waals surface area contributed by atoms with E-state index >= 15 is 0 Å². The predicted octanol–water partition coefficient (Wildman–Crippen LogP) is 3.34. The fourth-order valence-corrected chi connectivity index (χ4v) is 3.38. The van der Waals surface area contributed by atoms with Crippen LogP contribution in [0.3, 0.4) is 0 Å². The highest BCUT2D eigenvalue weighted by Crippen LogP contribution is 2.30. The Hall–Kier alpha value is -1.68. The Morgan fingerprint density at radius 2 is 2.24 bits per heavy atom. The third-order valence-corrected chi connectivity index (χ3v) is 4.37. The third-order valence-electron chi connectivity index (χ3n) is 4.37. The first-order chi connectivity index (χ1) is 10.2. The van der Waals surface area contributed by atoms with Gasteiger partial charge < -0.3 is 9.88 Å². The molecule has 2 aromatic rings. The average molecular weight is 287 g/mol. The largest absolute Gasteiger partial charge is 0.333 e. The van der Waals surface area contributed by atoms with Crippen LogP contribution in [-0.2, 0) is 6.42 Å². The van der Waals surface area contributed by atoms with Gasteiger partial charge in [-0.05, 0) is 44.2 Å². The maximum atomic E-state index is 13.7. The Kier molecular flexibility index (Phi) is 4.34. The lowest BCUT2D eigenvalue weighted by atomic mass is 10.0. The SMILES string of the molecule is CC(Cc1ccccc1F)NC1CCCC1n1ccnc1. The Bertz CT molecular complexity index is 567. The molecule has 1 heterocycles. The number of hydrogen-bond donors (Lipinski definition) is 1. The van der Waals surface area contributed by atoms with Crippen molar-refractivity contribution in [3.05, 3.63) is 54.4 Å². The van der Waals surface area contributed by atoms with Crippen molar-refractivity contribution in [2.24, 2.45) is 0 Å². The first-order valence-electron chi connectivity index (χ1n) is 7.71. The molecule has 21 heavy (non-hydrogen) atoms. The molecule has 0 bridgehead atoms. The number of nitrogens with zero attached hydrogens (tertiary/aromatic N) is 2. The molecule has 3 unspecified atom stereocenters. The number of rotatable bonds is 5. The fraction of sp³-hybridized carbons (Fsp3) is 0.471. The van der Waals surface area contributed by atoms with Gasteiger partial charge in [0.15, 0.2) is 0 Å². The number of nitrogens with one attached hydrogen (secondary N) is 1. The zero-order valence-electron chi connectivity index (χ0n) is 12.4. The summed E-state index contributed by atoms with van der Waals surface area (Å²) >= 11 is 0. The van der Waals surface area contributed by atoms with Crippen LogP contribution in [0.25, 0.3) is 0 Å². The highest BCUT2D eigenvalue weighted by molar-refractivity contribution is 5.18. The van der Waals surface area contributed by atoms with Crippen molar-refractivity contribution in [1.29, 1.82) is 0 Å². The maximum absolute atomic E-state index is 13.7. The van der Waals surface area contributed by atoms with Crippen LogP contribution in [-0.4, -0.2) is 21.6 Å². The normalized spacial score (nSPS) is 23.3. The molecule has 3 nitrogen and oxygen atoms in total. The minimum atomic E-state index is -0.108. The molecule has 0 spiro atoms. The van der Waals surface area contributed by atoms with E-state index in [1.807, 2.05) is 30.9 Å². The minimum absolute atomic E-state index is 0.108. The third kappa shape index (κ3) is 3.32. The molecule has 0 aliphatic heterocycles. The Morgan fingerprint density at radius 3 is 3.00 bits per heavy atom. The van der Waals surface area contributed by atoms with E-state index in [1.54, 1.807) is 6.07 Å². The number of aromatic nitrogens is 2. The molecular formula is C17H22FN3. The van der Waals surface area contributed by atoms with Crippen LogP contribution in [0.5, 0.6) is 0 Å². The molecule has 4 heteroatoms. The van der Waals surface area contributed by atoms with Gasteiger partial charge in [0, 0.05) is 30.5 Å². The summed E-state index contributed by atoms with van der Waals surface area (Å²) in [5.74, 6) is -0.108. The summed E-state index contributed by atoms with van der Waals surface area (Å²) < 4.78 is 15.9. The standard InChI is InChI=1S/C17H22FN3/c1-13(11-14-5-2-3-6-15(14)18)20-16-7-4-8-17(16)21-10-9-19-12-21/h2-3,5-6,9-10,12-13,16-17,20H,4,7-8,11H2,1H3. The zero-order valence-corrected chi connectivity index (χ0v) is 12.4. The van der Waals surface area contributed by atoms with Crippen molar-refractivity contribution < 1.29 is 4.39 Å². The molecule has 1 aromatic carbocycles. The van der Waals surface area contributed by atoms with Crippen LogP contribution < -0.4 is 5.32 Å². The summed E-state index contributed by atoms with van der Waals surface area (Å²) in [7, 11) is 0. The second-order valence-corrected chi connectivity index (χ2v) is 5.98. The van der Waals surface area contributed by atoms with Crippen LogP contribution in [0, 0.1) is 5.82 Å². The second kappa shape index (κ2) is 6.39. The van der Waals surface area contributed by atoms with E-state index in [-0.39, 0.29) is 11.9 Å². The van der Waals surface area contributed by atoms with Gasteiger partial charge in [-0.15, -0.1) is 0 Å². The van der Waals surface area contributed by atoms with Gasteiger partial charge in [-0.2, -0.15) is 0 Å². The second-order valence-electron chi connectivity index (χ2n) is 5.98. The lowest BCUT2D eigenvalue weighted by Gasteiger charge is -2.26. The van der Waals surface area contributed by atoms with E-state index in [9.17, 15) is 4.39 Å². The molecule has 1 aromatic heterocycles. The molecule has 3 rings (SSSR count). The van der Waals surface area contributed by atoms with E-state index in [0.29, 0.717) is 12.1 Å². The molecule has 1 fully saturated rings. The average Bonchev–Trinajstić information content (AvgIpc) is 3.11.